The number of hydrogen-bond acceptors (Lipinski definition) is 5. The number of para-hydroxylation sites is 1. The van der Waals surface area contributed by atoms with Gasteiger partial charge in [0.15, 0.2) is 17.3 Å². The number of thioether (sulfide) groups is 1. The lowest BCUT2D eigenvalue weighted by atomic mass is 10.1. The van der Waals surface area contributed by atoms with Crippen molar-refractivity contribution in [3.8, 4) is 11.5 Å². The molecule has 1 aliphatic rings. The van der Waals surface area contributed by atoms with Gasteiger partial charge in [0.2, 0.25) is 0 Å². The monoisotopic (exact) mass is 365 g/mol. The zero-order valence-corrected chi connectivity index (χ0v) is 15.3. The van der Waals surface area contributed by atoms with Crippen LogP contribution in [0.25, 0.3) is 10.9 Å². The van der Waals surface area contributed by atoms with Crippen LogP contribution in [-0.4, -0.2) is 29.7 Å². The minimum absolute atomic E-state index is 0.0592. The maximum absolute atomic E-state index is 12.6. The highest BCUT2D eigenvalue weighted by molar-refractivity contribution is 8.00. The van der Waals surface area contributed by atoms with Gasteiger partial charge in [0.05, 0.1) is 11.3 Å². The van der Waals surface area contributed by atoms with Crippen molar-refractivity contribution >= 4 is 28.4 Å². The van der Waals surface area contributed by atoms with Crippen LogP contribution in [0.5, 0.6) is 11.5 Å². The Balaban J connectivity index is 1.53. The zero-order valence-electron chi connectivity index (χ0n) is 14.5. The van der Waals surface area contributed by atoms with E-state index < -0.39 is 0 Å². The average Bonchev–Trinajstić information content (AvgIpc) is 2.70. The average molecular weight is 365 g/mol. The topological polar surface area (TPSA) is 48.4 Å². The van der Waals surface area contributed by atoms with Gasteiger partial charge in [-0.05, 0) is 42.3 Å². The largest absolute Gasteiger partial charge is 0.486 e. The number of nitrogens with zero attached hydrogens (tertiary/aromatic N) is 1. The maximum Gasteiger partial charge on any atom is 0.173 e. The number of benzene rings is 2. The molecule has 2 heterocycles. The third kappa shape index (κ3) is 3.40. The van der Waals surface area contributed by atoms with Gasteiger partial charge in [-0.25, -0.2) is 4.98 Å². The number of hydrogen-bond donors (Lipinski definition) is 0. The smallest absolute Gasteiger partial charge is 0.173 e. The van der Waals surface area contributed by atoms with E-state index in [-0.39, 0.29) is 5.78 Å². The number of rotatable bonds is 5. The Morgan fingerprint density at radius 1 is 1.08 bits per heavy atom. The third-order valence-electron chi connectivity index (χ3n) is 4.35. The standard InChI is InChI=1S/C21H19NO3S/c1-2-14-11-15-5-3-4-6-17(15)22-21(14)26-13-18(23)16-7-8-19-20(12-16)25-10-9-24-19/h3-8,11-12H,2,9-10,13H2,1H3. The van der Waals surface area contributed by atoms with Crippen molar-refractivity contribution in [3.05, 3.63) is 59.7 Å². The van der Waals surface area contributed by atoms with E-state index in [1.807, 2.05) is 18.2 Å². The quantitative estimate of drug-likeness (QED) is 0.491. The summed E-state index contributed by atoms with van der Waals surface area (Å²) in [6.45, 7) is 3.17. The first-order chi connectivity index (χ1) is 12.7. The molecule has 132 valence electrons. The van der Waals surface area contributed by atoms with Crippen molar-refractivity contribution in [1.29, 1.82) is 0 Å². The van der Waals surface area contributed by atoms with Gasteiger partial charge in [-0.2, -0.15) is 0 Å². The minimum Gasteiger partial charge on any atom is -0.486 e. The first-order valence-electron chi connectivity index (χ1n) is 8.69. The highest BCUT2D eigenvalue weighted by atomic mass is 32.2. The molecule has 2 aromatic carbocycles. The van der Waals surface area contributed by atoms with Crippen LogP contribution in [0, 0.1) is 0 Å². The molecule has 0 radical (unpaired) electrons. The summed E-state index contributed by atoms with van der Waals surface area (Å²) in [5, 5.41) is 2.06. The Labute approximate surface area is 156 Å². The van der Waals surface area contributed by atoms with Gasteiger partial charge in [0.1, 0.15) is 18.2 Å². The molecule has 5 heteroatoms. The van der Waals surface area contributed by atoms with E-state index in [9.17, 15) is 4.79 Å². The third-order valence-corrected chi connectivity index (χ3v) is 5.38. The van der Waals surface area contributed by atoms with Crippen LogP contribution in [0.1, 0.15) is 22.8 Å². The van der Waals surface area contributed by atoms with Crippen molar-refractivity contribution in [1.82, 2.24) is 4.98 Å². The Hall–Kier alpha value is -2.53. The summed E-state index contributed by atoms with van der Waals surface area (Å²) in [6.07, 6.45) is 0.887. The van der Waals surface area contributed by atoms with Gasteiger partial charge in [-0.15, -0.1) is 0 Å². The van der Waals surface area contributed by atoms with Gasteiger partial charge in [-0.3, -0.25) is 4.79 Å². The predicted molar refractivity (Wildman–Crippen MR) is 104 cm³/mol. The SMILES string of the molecule is CCc1cc2ccccc2nc1SCC(=O)c1ccc2c(c1)OCCO2. The van der Waals surface area contributed by atoms with Crippen LogP contribution >= 0.6 is 11.8 Å². The molecular formula is C21H19NO3S. The first-order valence-corrected chi connectivity index (χ1v) is 9.67. The molecular weight excluding hydrogens is 346 g/mol. The maximum atomic E-state index is 12.6. The first kappa shape index (κ1) is 16.9. The van der Waals surface area contributed by atoms with Crippen LogP contribution in [0.2, 0.25) is 0 Å². The van der Waals surface area contributed by atoms with E-state index in [1.165, 1.54) is 17.3 Å². The fraction of sp³-hybridized carbons (Fsp3) is 0.238. The summed E-state index contributed by atoms with van der Waals surface area (Å²) in [5.41, 5.74) is 2.77. The highest BCUT2D eigenvalue weighted by Gasteiger charge is 2.16. The molecule has 4 rings (SSSR count). The van der Waals surface area contributed by atoms with Crippen molar-refractivity contribution < 1.29 is 14.3 Å². The highest BCUT2D eigenvalue weighted by Crippen LogP contribution is 2.32. The fourth-order valence-corrected chi connectivity index (χ4v) is 3.94. The molecule has 0 atom stereocenters. The van der Waals surface area contributed by atoms with Gasteiger partial charge in [-0.1, -0.05) is 36.9 Å². The van der Waals surface area contributed by atoms with E-state index in [0.717, 1.165) is 22.3 Å². The predicted octanol–water partition coefficient (Wildman–Crippen LogP) is 4.54. The molecule has 0 aliphatic carbocycles. The molecule has 4 nitrogen and oxygen atoms in total. The van der Waals surface area contributed by atoms with Crippen LogP contribution in [0.4, 0.5) is 0 Å². The van der Waals surface area contributed by atoms with Crippen molar-refractivity contribution in [2.24, 2.45) is 0 Å². The van der Waals surface area contributed by atoms with E-state index in [4.69, 9.17) is 14.5 Å². The zero-order chi connectivity index (χ0) is 17.9. The number of Topliss-reactive ketones (excluding diaryl/α,β-unsaturated/α-hetero) is 1. The van der Waals surface area contributed by atoms with E-state index in [0.29, 0.717) is 36.0 Å². The fourth-order valence-electron chi connectivity index (χ4n) is 2.95. The number of fused-ring (bicyclic) bond motifs is 2. The number of aryl methyl sites for hydroxylation is 1. The Bertz CT molecular complexity index is 971. The van der Waals surface area contributed by atoms with Gasteiger partial charge >= 0.3 is 0 Å². The van der Waals surface area contributed by atoms with Crippen molar-refractivity contribution in [2.75, 3.05) is 19.0 Å². The lowest BCUT2D eigenvalue weighted by Crippen LogP contribution is -2.16. The summed E-state index contributed by atoms with van der Waals surface area (Å²) in [7, 11) is 0. The van der Waals surface area contributed by atoms with Crippen molar-refractivity contribution in [2.45, 2.75) is 18.4 Å². The molecule has 0 bridgehead atoms. The molecule has 0 unspecified atom stereocenters. The summed E-state index contributed by atoms with van der Waals surface area (Å²) >= 11 is 1.49. The van der Waals surface area contributed by atoms with Crippen LogP contribution in [-0.2, 0) is 6.42 Å². The van der Waals surface area contributed by atoms with E-state index in [1.54, 1.807) is 18.2 Å². The molecule has 1 aliphatic heterocycles. The lowest BCUT2D eigenvalue weighted by molar-refractivity contribution is 0.102. The van der Waals surface area contributed by atoms with Gasteiger partial charge in [0, 0.05) is 10.9 Å². The van der Waals surface area contributed by atoms with E-state index in [2.05, 4.69) is 19.1 Å². The number of aromatic nitrogens is 1. The summed E-state index contributed by atoms with van der Waals surface area (Å²) in [4.78, 5) is 17.4. The molecule has 0 saturated heterocycles. The molecule has 0 N–H and O–H groups in total. The van der Waals surface area contributed by atoms with E-state index >= 15 is 0 Å². The Morgan fingerprint density at radius 3 is 2.73 bits per heavy atom. The van der Waals surface area contributed by atoms with Crippen LogP contribution in [0.3, 0.4) is 0 Å². The second kappa shape index (κ2) is 7.38. The number of ether oxygens (including phenoxy) is 2. The van der Waals surface area contributed by atoms with Gasteiger partial charge < -0.3 is 9.47 Å². The lowest BCUT2D eigenvalue weighted by Gasteiger charge is -2.18. The second-order valence-corrected chi connectivity index (χ2v) is 7.03. The number of carbonyl (C=O) groups excluding carboxylic acids is 1. The summed E-state index contributed by atoms with van der Waals surface area (Å²) in [6, 6.07) is 15.6. The molecule has 1 aromatic heterocycles. The molecule has 26 heavy (non-hydrogen) atoms. The summed E-state index contributed by atoms with van der Waals surface area (Å²) < 4.78 is 11.1. The molecule has 3 aromatic rings. The molecule has 0 amide bonds. The minimum atomic E-state index is 0.0592. The molecule has 0 spiro atoms. The number of carbonyl (C=O) groups is 1. The summed E-state index contributed by atoms with van der Waals surface area (Å²) in [5.74, 6) is 1.75. The second-order valence-electron chi connectivity index (χ2n) is 6.07. The van der Waals surface area contributed by atoms with Crippen LogP contribution in [0.15, 0.2) is 53.6 Å². The molecule has 0 saturated carbocycles. The number of ketones is 1. The van der Waals surface area contributed by atoms with Gasteiger partial charge in [0.25, 0.3) is 0 Å². The Morgan fingerprint density at radius 2 is 1.88 bits per heavy atom. The number of pyridine rings is 1. The normalized spacial score (nSPS) is 13.0. The molecule has 0 fully saturated rings. The Kier molecular flexibility index (Phi) is 4.80. The van der Waals surface area contributed by atoms with Crippen molar-refractivity contribution in [3.63, 3.8) is 0 Å². The van der Waals surface area contributed by atoms with Crippen LogP contribution < -0.4 is 9.47 Å².